The van der Waals surface area contributed by atoms with Gasteiger partial charge in [0.25, 0.3) is 0 Å². The molecule has 1 fully saturated rings. The number of halogens is 3. The zero-order valence-electron chi connectivity index (χ0n) is 13.0. The summed E-state index contributed by atoms with van der Waals surface area (Å²) in [6, 6.07) is 4.05. The zero-order chi connectivity index (χ0) is 17.4. The molecule has 0 bridgehead atoms. The molecule has 1 aliphatic heterocycles. The van der Waals surface area contributed by atoms with E-state index in [1.165, 1.54) is 0 Å². The number of alkyl halides is 3. The Labute approximate surface area is 149 Å². The minimum atomic E-state index is -4.44. The summed E-state index contributed by atoms with van der Waals surface area (Å²) in [5.74, 6) is 0.947. The standard InChI is InChI=1S/C15H14F3N5S2/c16-15(17,18)13-20-21-14(25-13)23-6-1-5-22(7-8-23)12-11-10(2-4-19-12)3-9-24-11/h2-4,9H,1,5-8H2. The van der Waals surface area contributed by atoms with Gasteiger partial charge in [-0.05, 0) is 29.3 Å². The van der Waals surface area contributed by atoms with Crippen LogP contribution in [0.1, 0.15) is 11.4 Å². The second-order valence-corrected chi connectivity index (χ2v) is 7.56. The van der Waals surface area contributed by atoms with Crippen LogP contribution in [-0.2, 0) is 6.18 Å². The van der Waals surface area contributed by atoms with Gasteiger partial charge in [-0.1, -0.05) is 11.3 Å². The lowest BCUT2D eigenvalue weighted by Crippen LogP contribution is -2.31. The Morgan fingerprint density at radius 2 is 1.80 bits per heavy atom. The van der Waals surface area contributed by atoms with Gasteiger partial charge in [0.2, 0.25) is 10.1 Å². The highest BCUT2D eigenvalue weighted by atomic mass is 32.1. The highest BCUT2D eigenvalue weighted by Gasteiger charge is 2.36. The molecule has 25 heavy (non-hydrogen) atoms. The summed E-state index contributed by atoms with van der Waals surface area (Å²) >= 11 is 2.26. The Morgan fingerprint density at radius 1 is 1.00 bits per heavy atom. The maximum atomic E-state index is 12.7. The van der Waals surface area contributed by atoms with Crippen LogP contribution < -0.4 is 9.80 Å². The molecular weight excluding hydrogens is 371 g/mol. The summed E-state index contributed by atoms with van der Waals surface area (Å²) in [5.41, 5.74) is 0. The van der Waals surface area contributed by atoms with Gasteiger partial charge in [-0.2, -0.15) is 13.2 Å². The van der Waals surface area contributed by atoms with Gasteiger partial charge in [0, 0.05) is 32.4 Å². The van der Waals surface area contributed by atoms with Crippen LogP contribution in [0.25, 0.3) is 10.1 Å². The molecule has 4 rings (SSSR count). The maximum Gasteiger partial charge on any atom is 0.445 e. The van der Waals surface area contributed by atoms with Crippen LogP contribution in [0.15, 0.2) is 23.7 Å². The fourth-order valence-electron chi connectivity index (χ4n) is 2.88. The van der Waals surface area contributed by atoms with Crippen molar-refractivity contribution in [2.24, 2.45) is 0 Å². The minimum Gasteiger partial charge on any atom is -0.354 e. The van der Waals surface area contributed by atoms with Crippen LogP contribution in [0.2, 0.25) is 0 Å². The van der Waals surface area contributed by atoms with Crippen LogP contribution in [0.4, 0.5) is 24.1 Å². The van der Waals surface area contributed by atoms with Gasteiger partial charge >= 0.3 is 6.18 Å². The van der Waals surface area contributed by atoms with Crippen molar-refractivity contribution in [3.8, 4) is 0 Å². The fraction of sp³-hybridized carbons (Fsp3) is 0.400. The molecule has 132 valence electrons. The Morgan fingerprint density at radius 3 is 2.60 bits per heavy atom. The number of anilines is 2. The number of hydrogen-bond acceptors (Lipinski definition) is 7. The lowest BCUT2D eigenvalue weighted by Gasteiger charge is -2.22. The topological polar surface area (TPSA) is 45.2 Å². The van der Waals surface area contributed by atoms with Crippen molar-refractivity contribution in [1.29, 1.82) is 0 Å². The van der Waals surface area contributed by atoms with E-state index in [1.807, 2.05) is 16.3 Å². The van der Waals surface area contributed by atoms with Crippen LogP contribution in [0.3, 0.4) is 0 Å². The number of thiophene rings is 1. The van der Waals surface area contributed by atoms with Gasteiger partial charge in [0.1, 0.15) is 5.82 Å². The van der Waals surface area contributed by atoms with Crippen LogP contribution in [0, 0.1) is 0 Å². The molecule has 1 saturated heterocycles. The lowest BCUT2D eigenvalue weighted by molar-refractivity contribution is -0.138. The summed E-state index contributed by atoms with van der Waals surface area (Å²) in [6.45, 7) is 2.75. The van der Waals surface area contributed by atoms with Crippen molar-refractivity contribution in [2.45, 2.75) is 12.6 Å². The van der Waals surface area contributed by atoms with Crippen LogP contribution >= 0.6 is 22.7 Å². The van der Waals surface area contributed by atoms with Crippen molar-refractivity contribution in [2.75, 3.05) is 36.0 Å². The van der Waals surface area contributed by atoms with Crippen molar-refractivity contribution < 1.29 is 13.2 Å². The van der Waals surface area contributed by atoms with Crippen LogP contribution in [-0.4, -0.2) is 41.4 Å². The third-order valence-corrected chi connectivity index (χ3v) is 6.03. The summed E-state index contributed by atoms with van der Waals surface area (Å²) in [7, 11) is 0. The van der Waals surface area contributed by atoms with Crippen molar-refractivity contribution in [1.82, 2.24) is 15.2 Å². The molecule has 0 atom stereocenters. The number of nitrogens with zero attached hydrogens (tertiary/aromatic N) is 5. The van der Waals surface area contributed by atoms with Crippen molar-refractivity contribution in [3.63, 3.8) is 0 Å². The summed E-state index contributed by atoms with van der Waals surface area (Å²) in [6.07, 6.45) is -1.82. The predicted molar refractivity (Wildman–Crippen MR) is 93.6 cm³/mol. The van der Waals surface area contributed by atoms with E-state index in [0.717, 1.165) is 28.9 Å². The van der Waals surface area contributed by atoms with E-state index in [9.17, 15) is 13.2 Å². The highest BCUT2D eigenvalue weighted by molar-refractivity contribution is 7.17. The molecule has 3 aromatic rings. The quantitative estimate of drug-likeness (QED) is 0.670. The number of aromatic nitrogens is 3. The molecule has 10 heteroatoms. The monoisotopic (exact) mass is 385 g/mol. The predicted octanol–water partition coefficient (Wildman–Crippen LogP) is 3.88. The van der Waals surface area contributed by atoms with E-state index in [1.54, 1.807) is 17.5 Å². The van der Waals surface area contributed by atoms with Crippen LogP contribution in [0.5, 0.6) is 0 Å². The van der Waals surface area contributed by atoms with Gasteiger partial charge in [-0.25, -0.2) is 4.98 Å². The van der Waals surface area contributed by atoms with Gasteiger partial charge in [0.15, 0.2) is 0 Å². The summed E-state index contributed by atoms with van der Waals surface area (Å²) in [4.78, 5) is 8.60. The normalized spacial score (nSPS) is 16.4. The minimum absolute atomic E-state index is 0.330. The molecule has 0 amide bonds. The largest absolute Gasteiger partial charge is 0.445 e. The highest BCUT2D eigenvalue weighted by Crippen LogP contribution is 2.35. The molecule has 1 aliphatic rings. The van der Waals surface area contributed by atoms with E-state index in [2.05, 4.69) is 26.1 Å². The number of rotatable bonds is 2. The van der Waals surface area contributed by atoms with E-state index >= 15 is 0 Å². The molecule has 4 heterocycles. The second kappa shape index (κ2) is 6.41. The molecule has 3 aromatic heterocycles. The Hall–Kier alpha value is -1.94. The van der Waals surface area contributed by atoms with Gasteiger partial charge in [0.05, 0.1) is 4.70 Å². The smallest absolute Gasteiger partial charge is 0.354 e. The van der Waals surface area contributed by atoms with Gasteiger partial charge < -0.3 is 9.80 Å². The Kier molecular flexibility index (Phi) is 4.24. The molecule has 0 saturated carbocycles. The average molecular weight is 385 g/mol. The Bertz CT molecular complexity index is 875. The molecule has 0 unspecified atom stereocenters. The molecule has 0 N–H and O–H groups in total. The van der Waals surface area contributed by atoms with E-state index < -0.39 is 11.2 Å². The third-order valence-electron chi connectivity index (χ3n) is 4.07. The van der Waals surface area contributed by atoms with Gasteiger partial charge in [-0.3, -0.25) is 0 Å². The van der Waals surface area contributed by atoms with Gasteiger partial charge in [-0.15, -0.1) is 21.5 Å². The molecular formula is C15H14F3N5S2. The zero-order valence-corrected chi connectivity index (χ0v) is 14.7. The molecule has 0 radical (unpaired) electrons. The number of fused-ring (bicyclic) bond motifs is 1. The first-order chi connectivity index (χ1) is 12.0. The van der Waals surface area contributed by atoms with E-state index in [4.69, 9.17) is 0 Å². The fourth-order valence-corrected chi connectivity index (χ4v) is 4.56. The van der Waals surface area contributed by atoms with Crippen molar-refractivity contribution >= 4 is 43.7 Å². The van der Waals surface area contributed by atoms with E-state index in [-0.39, 0.29) is 0 Å². The van der Waals surface area contributed by atoms with Crippen molar-refractivity contribution in [3.05, 3.63) is 28.7 Å². The SMILES string of the molecule is FC(F)(F)c1nnc(N2CCCN(c3nccc4ccsc34)CC2)s1. The molecule has 0 aromatic carbocycles. The lowest BCUT2D eigenvalue weighted by atomic mass is 10.3. The molecule has 5 nitrogen and oxygen atoms in total. The number of pyridine rings is 1. The average Bonchev–Trinajstić information content (AvgIpc) is 3.19. The summed E-state index contributed by atoms with van der Waals surface area (Å²) < 4.78 is 39.3. The first kappa shape index (κ1) is 16.5. The molecule has 0 spiro atoms. The van der Waals surface area contributed by atoms with E-state index in [0.29, 0.717) is 36.1 Å². The molecule has 0 aliphatic carbocycles. The first-order valence-corrected chi connectivity index (χ1v) is 9.45. The number of hydrogen-bond donors (Lipinski definition) is 0. The third kappa shape index (κ3) is 3.28. The Balaban J connectivity index is 1.52. The second-order valence-electron chi connectivity index (χ2n) is 5.69. The summed E-state index contributed by atoms with van der Waals surface area (Å²) in [5, 5.41) is 9.65. The first-order valence-electron chi connectivity index (χ1n) is 7.75. The maximum absolute atomic E-state index is 12.7.